The van der Waals surface area contributed by atoms with Gasteiger partial charge in [-0.2, -0.15) is 13.2 Å². The number of para-hydroxylation sites is 1. The average molecular weight is 348 g/mol. The van der Waals surface area contributed by atoms with Crippen molar-refractivity contribution in [3.05, 3.63) is 29.8 Å². The first-order chi connectivity index (χ1) is 10.6. The normalized spacial score (nSPS) is 22.0. The van der Waals surface area contributed by atoms with Crippen molar-refractivity contribution in [2.24, 2.45) is 11.3 Å². The van der Waals surface area contributed by atoms with E-state index in [-0.39, 0.29) is 28.5 Å². The van der Waals surface area contributed by atoms with Gasteiger partial charge in [-0.15, -0.1) is 0 Å². The van der Waals surface area contributed by atoms with Gasteiger partial charge in [0.15, 0.2) is 9.84 Å². The number of hydrazine groups is 1. The summed E-state index contributed by atoms with van der Waals surface area (Å²) in [5.41, 5.74) is 3.21. The van der Waals surface area contributed by atoms with Crippen LogP contribution in [0.5, 0.6) is 0 Å². The second-order valence-corrected chi connectivity index (χ2v) is 8.36. The van der Waals surface area contributed by atoms with Gasteiger partial charge in [0.25, 0.3) is 0 Å². The number of alkyl halides is 3. The van der Waals surface area contributed by atoms with Gasteiger partial charge in [0.1, 0.15) is 0 Å². The van der Waals surface area contributed by atoms with E-state index in [2.05, 4.69) is 10.9 Å². The molecule has 126 valence electrons. The number of halogens is 3. The van der Waals surface area contributed by atoms with Crippen LogP contribution in [0.1, 0.15) is 18.4 Å². The van der Waals surface area contributed by atoms with Crippen molar-refractivity contribution in [2.45, 2.75) is 19.0 Å². The molecule has 1 aliphatic carbocycles. The lowest BCUT2D eigenvalue weighted by atomic mass is 9.63. The summed E-state index contributed by atoms with van der Waals surface area (Å²) in [6.45, 7) is 0. The lowest BCUT2D eigenvalue weighted by Crippen LogP contribution is -2.59. The number of carbonyl (C=O) groups excluding carboxylic acids is 1. The maximum Gasteiger partial charge on any atom is 0.418 e. The summed E-state index contributed by atoms with van der Waals surface area (Å²) in [5, 5.41) is 0. The Balaban J connectivity index is 1.55. The summed E-state index contributed by atoms with van der Waals surface area (Å²) < 4.78 is 60.9. The number of carbonyl (C=O) groups is 1. The number of hydrogen-bond acceptors (Lipinski definition) is 4. The highest BCUT2D eigenvalue weighted by atomic mass is 32.2. The van der Waals surface area contributed by atoms with Crippen LogP contribution in [0.15, 0.2) is 24.3 Å². The van der Waals surface area contributed by atoms with Gasteiger partial charge >= 0.3 is 6.18 Å². The molecule has 0 atom stereocenters. The lowest BCUT2D eigenvalue weighted by molar-refractivity contribution is -0.137. The van der Waals surface area contributed by atoms with Gasteiger partial charge in [0, 0.05) is 5.92 Å². The molecule has 0 bridgehead atoms. The monoisotopic (exact) mass is 348 g/mol. The number of hydrogen-bond donors (Lipinski definition) is 2. The van der Waals surface area contributed by atoms with Crippen LogP contribution in [0, 0.1) is 11.3 Å². The third-order valence-electron chi connectivity index (χ3n) is 4.33. The fourth-order valence-corrected chi connectivity index (χ4v) is 5.62. The molecule has 5 nitrogen and oxygen atoms in total. The van der Waals surface area contributed by atoms with E-state index in [1.807, 2.05) is 0 Å². The molecule has 1 saturated carbocycles. The first-order valence-corrected chi connectivity index (χ1v) is 8.85. The number of anilines is 1. The Morgan fingerprint density at radius 3 is 2.35 bits per heavy atom. The van der Waals surface area contributed by atoms with Crippen LogP contribution in [0.25, 0.3) is 0 Å². The van der Waals surface area contributed by atoms with Gasteiger partial charge in [-0.3, -0.25) is 15.6 Å². The maximum atomic E-state index is 12.8. The molecule has 2 aliphatic rings. The van der Waals surface area contributed by atoms with Gasteiger partial charge in [0.2, 0.25) is 5.91 Å². The highest BCUT2D eigenvalue weighted by Crippen LogP contribution is 2.53. The molecule has 1 spiro atoms. The largest absolute Gasteiger partial charge is 0.418 e. The third-order valence-corrected chi connectivity index (χ3v) is 6.44. The van der Waals surface area contributed by atoms with Crippen LogP contribution in [0.4, 0.5) is 18.9 Å². The zero-order valence-corrected chi connectivity index (χ0v) is 12.8. The molecule has 1 heterocycles. The summed E-state index contributed by atoms with van der Waals surface area (Å²) in [7, 11) is -2.95. The van der Waals surface area contributed by atoms with E-state index >= 15 is 0 Å². The minimum Gasteiger partial charge on any atom is -0.298 e. The molecule has 2 fully saturated rings. The van der Waals surface area contributed by atoms with Crippen LogP contribution < -0.4 is 10.9 Å². The first kappa shape index (κ1) is 16.1. The molecule has 23 heavy (non-hydrogen) atoms. The minimum absolute atomic E-state index is 0.105. The highest BCUT2D eigenvalue weighted by molar-refractivity contribution is 7.92. The number of nitrogens with one attached hydrogen (secondary N) is 2. The topological polar surface area (TPSA) is 75.3 Å². The Hall–Kier alpha value is -1.77. The van der Waals surface area contributed by atoms with Gasteiger partial charge in [0.05, 0.1) is 22.8 Å². The molecule has 1 aromatic rings. The van der Waals surface area contributed by atoms with Crippen molar-refractivity contribution in [1.82, 2.24) is 5.43 Å². The van der Waals surface area contributed by atoms with E-state index in [4.69, 9.17) is 0 Å². The number of sulfone groups is 1. The predicted octanol–water partition coefficient (Wildman–Crippen LogP) is 1.97. The van der Waals surface area contributed by atoms with E-state index < -0.39 is 27.5 Å². The number of amides is 1. The zero-order valence-electron chi connectivity index (χ0n) is 12.0. The van der Waals surface area contributed by atoms with E-state index in [1.54, 1.807) is 0 Å². The van der Waals surface area contributed by atoms with Gasteiger partial charge in [-0.1, -0.05) is 12.1 Å². The molecule has 1 saturated heterocycles. The predicted molar refractivity (Wildman–Crippen MR) is 77.0 cm³/mol. The Morgan fingerprint density at radius 2 is 1.78 bits per heavy atom. The van der Waals surface area contributed by atoms with Crippen LogP contribution in [-0.4, -0.2) is 25.8 Å². The maximum absolute atomic E-state index is 12.8. The molecule has 0 radical (unpaired) electrons. The zero-order chi connectivity index (χ0) is 16.9. The van der Waals surface area contributed by atoms with Crippen LogP contribution >= 0.6 is 0 Å². The molecule has 1 aliphatic heterocycles. The summed E-state index contributed by atoms with van der Waals surface area (Å²) >= 11 is 0. The summed E-state index contributed by atoms with van der Waals surface area (Å²) in [4.78, 5) is 11.9. The van der Waals surface area contributed by atoms with E-state index in [0.717, 1.165) is 6.07 Å². The minimum atomic E-state index is -4.52. The Bertz CT molecular complexity index is 726. The molecule has 0 aromatic heterocycles. The van der Waals surface area contributed by atoms with Crippen molar-refractivity contribution < 1.29 is 26.4 Å². The molecular weight excluding hydrogens is 333 g/mol. The van der Waals surface area contributed by atoms with Crippen LogP contribution in [-0.2, 0) is 20.8 Å². The lowest BCUT2D eigenvalue weighted by Gasteiger charge is -2.52. The van der Waals surface area contributed by atoms with Crippen molar-refractivity contribution in [3.63, 3.8) is 0 Å². The molecule has 9 heteroatoms. The summed E-state index contributed by atoms with van der Waals surface area (Å²) in [6.07, 6.45) is -3.60. The quantitative estimate of drug-likeness (QED) is 0.819. The van der Waals surface area contributed by atoms with Crippen molar-refractivity contribution in [1.29, 1.82) is 0 Å². The second kappa shape index (κ2) is 5.12. The molecule has 1 aromatic carbocycles. The first-order valence-electron chi connectivity index (χ1n) is 7.03. The molecule has 3 rings (SSSR count). The Labute approximate surface area is 131 Å². The van der Waals surface area contributed by atoms with Gasteiger partial charge in [-0.25, -0.2) is 8.42 Å². The summed E-state index contributed by atoms with van der Waals surface area (Å²) in [5.74, 6) is -0.574. The van der Waals surface area contributed by atoms with Gasteiger partial charge in [-0.05, 0) is 30.4 Å². The van der Waals surface area contributed by atoms with Crippen LogP contribution in [0.2, 0.25) is 0 Å². The fraction of sp³-hybridized carbons (Fsp3) is 0.500. The number of rotatable bonds is 3. The second-order valence-electron chi connectivity index (χ2n) is 6.30. The summed E-state index contributed by atoms with van der Waals surface area (Å²) in [6, 6.07) is 4.85. The van der Waals surface area contributed by atoms with E-state index in [9.17, 15) is 26.4 Å². The molecule has 1 amide bonds. The van der Waals surface area contributed by atoms with Gasteiger partial charge < -0.3 is 0 Å². The SMILES string of the molecule is O=C(NNc1ccccc1C(F)(F)F)C1CC2(C1)CS(=O)(=O)C2. The molecule has 2 N–H and O–H groups in total. The third kappa shape index (κ3) is 3.15. The van der Waals surface area contributed by atoms with Crippen molar-refractivity contribution in [3.8, 4) is 0 Å². The average Bonchev–Trinajstić information content (AvgIpc) is 2.38. The molecular formula is C14H15F3N2O3S. The number of benzene rings is 1. The van der Waals surface area contributed by atoms with Crippen molar-refractivity contribution in [2.75, 3.05) is 16.9 Å². The van der Waals surface area contributed by atoms with E-state index in [1.165, 1.54) is 18.2 Å². The molecule has 0 unspecified atom stereocenters. The fourth-order valence-electron chi connectivity index (χ4n) is 3.37. The van der Waals surface area contributed by atoms with Crippen molar-refractivity contribution >= 4 is 21.4 Å². The highest BCUT2D eigenvalue weighted by Gasteiger charge is 2.57. The Kier molecular flexibility index (Phi) is 3.58. The van der Waals surface area contributed by atoms with E-state index in [0.29, 0.717) is 12.8 Å². The smallest absolute Gasteiger partial charge is 0.298 e. The Morgan fingerprint density at radius 1 is 1.17 bits per heavy atom. The van der Waals surface area contributed by atoms with Crippen LogP contribution in [0.3, 0.4) is 0 Å². The standard InChI is InChI=1S/C14H15F3N2O3S/c15-14(16,17)10-3-1-2-4-11(10)18-19-12(20)9-5-13(6-9)7-23(21,22)8-13/h1-4,9,18H,5-8H2,(H,19,20).